The number of hydrogen-bond donors (Lipinski definition) is 2. The molecule has 2 aromatic rings. The van der Waals surface area contributed by atoms with Crippen LogP contribution in [0.4, 0.5) is 0 Å². The Morgan fingerprint density at radius 3 is 2.68 bits per heavy atom. The van der Waals surface area contributed by atoms with Gasteiger partial charge in [0.1, 0.15) is 5.01 Å². The number of carbonyl (C=O) groups is 1. The molecule has 1 heterocycles. The normalized spacial score (nSPS) is 10.6. The van der Waals surface area contributed by atoms with Gasteiger partial charge in [0, 0.05) is 17.4 Å². The van der Waals surface area contributed by atoms with Crippen LogP contribution in [-0.2, 0) is 11.3 Å². The lowest BCUT2D eigenvalue weighted by atomic mass is 10.1. The first-order chi connectivity index (χ1) is 10.8. The Morgan fingerprint density at radius 2 is 1.91 bits per heavy atom. The SMILES string of the molecule is NCCCCCCC(=O)NCc1csc(-c2ccccc2)n1. The third-order valence-electron chi connectivity index (χ3n) is 3.40. The molecule has 0 atom stereocenters. The molecular weight excluding hydrogens is 294 g/mol. The molecule has 5 heteroatoms. The van der Waals surface area contributed by atoms with Crippen molar-refractivity contribution >= 4 is 17.2 Å². The van der Waals surface area contributed by atoms with E-state index in [0.717, 1.165) is 48.5 Å². The molecule has 1 aromatic carbocycles. The molecule has 1 aromatic heterocycles. The number of hydrogen-bond acceptors (Lipinski definition) is 4. The van der Waals surface area contributed by atoms with Crippen LogP contribution in [0.25, 0.3) is 10.6 Å². The van der Waals surface area contributed by atoms with Crippen LogP contribution in [0.5, 0.6) is 0 Å². The van der Waals surface area contributed by atoms with Gasteiger partial charge in [-0.2, -0.15) is 0 Å². The molecule has 0 aliphatic rings. The molecule has 0 radical (unpaired) electrons. The van der Waals surface area contributed by atoms with Gasteiger partial charge < -0.3 is 11.1 Å². The second-order valence-electron chi connectivity index (χ2n) is 5.24. The standard InChI is InChI=1S/C17H23N3OS/c18-11-7-2-1-6-10-16(21)19-12-15-13-22-17(20-15)14-8-4-3-5-9-14/h3-5,8-9,13H,1-2,6-7,10-12,18H2,(H,19,21). The summed E-state index contributed by atoms with van der Waals surface area (Å²) in [5.74, 6) is 0.0991. The van der Waals surface area contributed by atoms with Crippen molar-refractivity contribution < 1.29 is 4.79 Å². The number of aromatic nitrogens is 1. The third kappa shape index (κ3) is 5.58. The minimum absolute atomic E-state index is 0.0991. The Balaban J connectivity index is 1.71. The number of nitrogens with one attached hydrogen (secondary N) is 1. The van der Waals surface area contributed by atoms with Gasteiger partial charge in [0.2, 0.25) is 5.91 Å². The molecule has 0 saturated carbocycles. The predicted octanol–water partition coefficient (Wildman–Crippen LogP) is 3.34. The number of nitrogens with two attached hydrogens (primary N) is 1. The molecule has 0 saturated heterocycles. The monoisotopic (exact) mass is 317 g/mol. The quantitative estimate of drug-likeness (QED) is 0.697. The van der Waals surface area contributed by atoms with Gasteiger partial charge in [-0.05, 0) is 19.4 Å². The van der Waals surface area contributed by atoms with Crippen molar-refractivity contribution in [3.05, 3.63) is 41.4 Å². The molecule has 0 fully saturated rings. The highest BCUT2D eigenvalue weighted by atomic mass is 32.1. The summed E-state index contributed by atoms with van der Waals surface area (Å²) in [4.78, 5) is 16.3. The molecule has 0 aliphatic carbocycles. The van der Waals surface area contributed by atoms with Gasteiger partial charge in [0.15, 0.2) is 0 Å². The fourth-order valence-electron chi connectivity index (χ4n) is 2.16. The van der Waals surface area contributed by atoms with E-state index in [-0.39, 0.29) is 5.91 Å². The average Bonchev–Trinajstić information content (AvgIpc) is 3.02. The first-order valence-corrected chi connectivity index (χ1v) is 8.64. The van der Waals surface area contributed by atoms with E-state index in [1.54, 1.807) is 11.3 Å². The van der Waals surface area contributed by atoms with E-state index in [9.17, 15) is 4.79 Å². The summed E-state index contributed by atoms with van der Waals surface area (Å²) in [6.07, 6.45) is 4.73. The molecular formula is C17H23N3OS. The zero-order valence-electron chi connectivity index (χ0n) is 12.8. The Hall–Kier alpha value is -1.72. The second-order valence-corrected chi connectivity index (χ2v) is 6.10. The number of thiazole rings is 1. The van der Waals surface area contributed by atoms with Gasteiger partial charge >= 0.3 is 0 Å². The molecule has 118 valence electrons. The zero-order chi connectivity index (χ0) is 15.6. The average molecular weight is 317 g/mol. The van der Waals surface area contributed by atoms with Crippen LogP contribution in [0.1, 0.15) is 37.8 Å². The number of benzene rings is 1. The van der Waals surface area contributed by atoms with Crippen molar-refractivity contribution in [3.63, 3.8) is 0 Å². The first-order valence-electron chi connectivity index (χ1n) is 7.76. The molecule has 4 nitrogen and oxygen atoms in total. The number of nitrogens with zero attached hydrogens (tertiary/aromatic N) is 1. The molecule has 0 bridgehead atoms. The van der Waals surface area contributed by atoms with Crippen LogP contribution >= 0.6 is 11.3 Å². The third-order valence-corrected chi connectivity index (χ3v) is 4.34. The van der Waals surface area contributed by atoms with Gasteiger partial charge in [-0.3, -0.25) is 4.79 Å². The van der Waals surface area contributed by atoms with Gasteiger partial charge in [-0.1, -0.05) is 43.2 Å². The van der Waals surface area contributed by atoms with E-state index < -0.39 is 0 Å². The number of rotatable bonds is 9. The highest BCUT2D eigenvalue weighted by Gasteiger charge is 2.06. The summed E-state index contributed by atoms with van der Waals surface area (Å²) in [7, 11) is 0. The van der Waals surface area contributed by atoms with Crippen molar-refractivity contribution in [3.8, 4) is 10.6 Å². The summed E-state index contributed by atoms with van der Waals surface area (Å²) in [5, 5.41) is 5.93. The van der Waals surface area contributed by atoms with Crippen LogP contribution in [0.15, 0.2) is 35.7 Å². The summed E-state index contributed by atoms with van der Waals surface area (Å²) < 4.78 is 0. The highest BCUT2D eigenvalue weighted by molar-refractivity contribution is 7.13. The van der Waals surface area contributed by atoms with Gasteiger partial charge in [-0.15, -0.1) is 11.3 Å². The fourth-order valence-corrected chi connectivity index (χ4v) is 2.99. The van der Waals surface area contributed by atoms with Gasteiger partial charge in [0.05, 0.1) is 12.2 Å². The predicted molar refractivity (Wildman–Crippen MR) is 91.5 cm³/mol. The lowest BCUT2D eigenvalue weighted by Gasteiger charge is -2.03. The van der Waals surface area contributed by atoms with Crippen LogP contribution in [0.2, 0.25) is 0 Å². The van der Waals surface area contributed by atoms with E-state index in [2.05, 4.69) is 10.3 Å². The smallest absolute Gasteiger partial charge is 0.220 e. The van der Waals surface area contributed by atoms with Gasteiger partial charge in [0.25, 0.3) is 0 Å². The van der Waals surface area contributed by atoms with Crippen molar-refractivity contribution in [1.82, 2.24) is 10.3 Å². The molecule has 0 unspecified atom stereocenters. The summed E-state index contributed by atoms with van der Waals surface area (Å²) in [6.45, 7) is 1.24. The molecule has 2 rings (SSSR count). The maximum Gasteiger partial charge on any atom is 0.220 e. The molecule has 0 aliphatic heterocycles. The van der Waals surface area contributed by atoms with E-state index in [1.807, 2.05) is 35.7 Å². The lowest BCUT2D eigenvalue weighted by molar-refractivity contribution is -0.121. The van der Waals surface area contributed by atoms with E-state index >= 15 is 0 Å². The van der Waals surface area contributed by atoms with Crippen molar-refractivity contribution in [2.24, 2.45) is 5.73 Å². The van der Waals surface area contributed by atoms with Crippen molar-refractivity contribution in [2.75, 3.05) is 6.54 Å². The first kappa shape index (κ1) is 16.6. The second kappa shape index (κ2) is 9.33. The number of unbranched alkanes of at least 4 members (excludes halogenated alkanes) is 3. The van der Waals surface area contributed by atoms with Crippen LogP contribution in [-0.4, -0.2) is 17.4 Å². The van der Waals surface area contributed by atoms with E-state index in [4.69, 9.17) is 5.73 Å². The fraction of sp³-hybridized carbons (Fsp3) is 0.412. The van der Waals surface area contributed by atoms with E-state index in [1.165, 1.54) is 0 Å². The Bertz CT molecular complexity index is 568. The highest BCUT2D eigenvalue weighted by Crippen LogP contribution is 2.23. The Labute approximate surface area is 135 Å². The maximum atomic E-state index is 11.8. The van der Waals surface area contributed by atoms with Crippen molar-refractivity contribution in [2.45, 2.75) is 38.6 Å². The van der Waals surface area contributed by atoms with Crippen LogP contribution < -0.4 is 11.1 Å². The van der Waals surface area contributed by atoms with Crippen molar-refractivity contribution in [1.29, 1.82) is 0 Å². The minimum Gasteiger partial charge on any atom is -0.350 e. The Kier molecular flexibility index (Phi) is 7.06. The molecule has 22 heavy (non-hydrogen) atoms. The van der Waals surface area contributed by atoms with Crippen LogP contribution in [0, 0.1) is 0 Å². The topological polar surface area (TPSA) is 68.0 Å². The summed E-state index contributed by atoms with van der Waals surface area (Å²) in [6, 6.07) is 10.1. The molecule has 1 amide bonds. The van der Waals surface area contributed by atoms with Crippen LogP contribution in [0.3, 0.4) is 0 Å². The zero-order valence-corrected chi connectivity index (χ0v) is 13.6. The number of amides is 1. The number of carbonyl (C=O) groups excluding carboxylic acids is 1. The largest absolute Gasteiger partial charge is 0.350 e. The van der Waals surface area contributed by atoms with E-state index in [0.29, 0.717) is 13.0 Å². The lowest BCUT2D eigenvalue weighted by Crippen LogP contribution is -2.22. The summed E-state index contributed by atoms with van der Waals surface area (Å²) in [5.41, 5.74) is 7.47. The molecule has 3 N–H and O–H groups in total. The molecule has 0 spiro atoms. The maximum absolute atomic E-state index is 11.8. The van der Waals surface area contributed by atoms with Gasteiger partial charge in [-0.25, -0.2) is 4.98 Å². The minimum atomic E-state index is 0.0991. The Morgan fingerprint density at radius 1 is 1.14 bits per heavy atom. The summed E-state index contributed by atoms with van der Waals surface area (Å²) >= 11 is 1.61.